The van der Waals surface area contributed by atoms with Crippen LogP contribution in [0.15, 0.2) is 22.7 Å². The summed E-state index contributed by atoms with van der Waals surface area (Å²) in [4.78, 5) is 16.1. The summed E-state index contributed by atoms with van der Waals surface area (Å²) >= 11 is 0. The van der Waals surface area contributed by atoms with Crippen LogP contribution in [0.25, 0.3) is 11.4 Å². The van der Waals surface area contributed by atoms with E-state index in [9.17, 15) is 4.79 Å². The first-order chi connectivity index (χ1) is 12.7. The molecule has 0 bridgehead atoms. The smallest absolute Gasteiger partial charge is 0.227 e. The van der Waals surface area contributed by atoms with Crippen molar-refractivity contribution < 1.29 is 23.5 Å². The largest absolute Gasteiger partial charge is 0.493 e. The molecule has 0 saturated carbocycles. The molecule has 0 aliphatic carbocycles. The second-order valence-electron chi connectivity index (χ2n) is 5.51. The van der Waals surface area contributed by atoms with Crippen LogP contribution in [0.4, 0.5) is 0 Å². The molecule has 1 heterocycles. The lowest BCUT2D eigenvalue weighted by Gasteiger charge is -2.09. The van der Waals surface area contributed by atoms with Gasteiger partial charge in [-0.05, 0) is 31.5 Å². The van der Waals surface area contributed by atoms with E-state index >= 15 is 0 Å². The zero-order chi connectivity index (χ0) is 18.8. The van der Waals surface area contributed by atoms with Crippen molar-refractivity contribution in [1.29, 1.82) is 0 Å². The second kappa shape index (κ2) is 10.4. The molecule has 1 N–H and O–H groups in total. The Bertz CT molecular complexity index is 702. The van der Waals surface area contributed by atoms with E-state index in [1.807, 2.05) is 13.0 Å². The van der Waals surface area contributed by atoms with Crippen LogP contribution >= 0.6 is 0 Å². The van der Waals surface area contributed by atoms with Crippen LogP contribution in [0.5, 0.6) is 11.5 Å². The zero-order valence-electron chi connectivity index (χ0n) is 15.4. The number of carbonyl (C=O) groups excluding carboxylic acids is 1. The van der Waals surface area contributed by atoms with Gasteiger partial charge in [-0.1, -0.05) is 5.16 Å². The number of hydrogen-bond acceptors (Lipinski definition) is 7. The van der Waals surface area contributed by atoms with Crippen molar-refractivity contribution in [2.24, 2.45) is 0 Å². The summed E-state index contributed by atoms with van der Waals surface area (Å²) in [6, 6.07) is 5.44. The van der Waals surface area contributed by atoms with Crippen LogP contribution in [0.3, 0.4) is 0 Å². The second-order valence-corrected chi connectivity index (χ2v) is 5.51. The molecule has 8 heteroatoms. The van der Waals surface area contributed by atoms with Gasteiger partial charge in [0, 0.05) is 38.7 Å². The van der Waals surface area contributed by atoms with Crippen LogP contribution in [-0.4, -0.2) is 50.0 Å². The van der Waals surface area contributed by atoms with Crippen molar-refractivity contribution in [2.45, 2.75) is 26.2 Å². The maximum atomic E-state index is 11.8. The van der Waals surface area contributed by atoms with E-state index in [-0.39, 0.29) is 5.91 Å². The lowest BCUT2D eigenvalue weighted by Crippen LogP contribution is -2.25. The van der Waals surface area contributed by atoms with Gasteiger partial charge < -0.3 is 24.1 Å². The van der Waals surface area contributed by atoms with Gasteiger partial charge in [0.25, 0.3) is 0 Å². The molecule has 0 radical (unpaired) electrons. The average Bonchev–Trinajstić information content (AvgIpc) is 3.13. The molecule has 1 aromatic carbocycles. The molecule has 8 nitrogen and oxygen atoms in total. The van der Waals surface area contributed by atoms with Crippen LogP contribution in [0, 0.1) is 0 Å². The minimum absolute atomic E-state index is 0.0522. The van der Waals surface area contributed by atoms with Gasteiger partial charge in [0.15, 0.2) is 11.5 Å². The van der Waals surface area contributed by atoms with E-state index in [4.69, 9.17) is 18.7 Å². The molecular formula is C18H25N3O5. The molecule has 2 rings (SSSR count). The molecule has 0 unspecified atom stereocenters. The molecule has 0 saturated heterocycles. The fourth-order valence-electron chi connectivity index (χ4n) is 2.31. The van der Waals surface area contributed by atoms with Crippen LogP contribution in [0.1, 0.15) is 25.7 Å². The first kappa shape index (κ1) is 19.7. The highest BCUT2D eigenvalue weighted by atomic mass is 16.5. The highest BCUT2D eigenvalue weighted by Gasteiger charge is 2.13. The molecule has 26 heavy (non-hydrogen) atoms. The Morgan fingerprint density at radius 3 is 2.85 bits per heavy atom. The standard InChI is InChI=1S/C18H25N3O5/c1-4-25-14-7-6-13(12-15(14)24-3)18-20-17(26-21-18)9-8-16(22)19-10-5-11-23-2/h6-7,12H,4-5,8-11H2,1-3H3,(H,19,22). The van der Waals surface area contributed by atoms with E-state index in [2.05, 4.69) is 15.5 Å². The molecule has 0 spiro atoms. The number of nitrogens with one attached hydrogen (secondary N) is 1. The number of carbonyl (C=O) groups is 1. The third-order valence-corrected chi connectivity index (χ3v) is 3.60. The van der Waals surface area contributed by atoms with Gasteiger partial charge in [-0.15, -0.1) is 0 Å². The molecule has 2 aromatic rings. The van der Waals surface area contributed by atoms with E-state index in [1.165, 1.54) is 0 Å². The average molecular weight is 363 g/mol. The fraction of sp³-hybridized carbons (Fsp3) is 0.500. The SMILES string of the molecule is CCOc1ccc(-c2noc(CCC(=O)NCCCOC)n2)cc1OC. The maximum absolute atomic E-state index is 11.8. The first-order valence-corrected chi connectivity index (χ1v) is 8.57. The number of nitrogens with zero attached hydrogens (tertiary/aromatic N) is 2. The summed E-state index contributed by atoms with van der Waals surface area (Å²) in [6.07, 6.45) is 1.46. The van der Waals surface area contributed by atoms with E-state index in [0.29, 0.717) is 55.8 Å². The molecule has 0 fully saturated rings. The Kier molecular flexibility index (Phi) is 7.88. The van der Waals surface area contributed by atoms with Crippen molar-refractivity contribution in [3.8, 4) is 22.9 Å². The molecule has 0 aliphatic heterocycles. The normalized spacial score (nSPS) is 10.6. The first-order valence-electron chi connectivity index (χ1n) is 8.57. The predicted octanol–water partition coefficient (Wildman–Crippen LogP) is 2.23. The summed E-state index contributed by atoms with van der Waals surface area (Å²) in [6.45, 7) is 3.68. The van der Waals surface area contributed by atoms with E-state index in [1.54, 1.807) is 26.4 Å². The minimum atomic E-state index is -0.0522. The Hall–Kier alpha value is -2.61. The van der Waals surface area contributed by atoms with Crippen LogP contribution in [0.2, 0.25) is 0 Å². The molecule has 0 aliphatic rings. The van der Waals surface area contributed by atoms with Gasteiger partial charge in [-0.25, -0.2) is 0 Å². The summed E-state index contributed by atoms with van der Waals surface area (Å²) in [5, 5.41) is 6.79. The van der Waals surface area contributed by atoms with Crippen molar-refractivity contribution in [2.75, 3.05) is 34.0 Å². The van der Waals surface area contributed by atoms with E-state index in [0.717, 1.165) is 12.0 Å². The van der Waals surface area contributed by atoms with Gasteiger partial charge in [-0.3, -0.25) is 4.79 Å². The zero-order valence-corrected chi connectivity index (χ0v) is 15.4. The fourth-order valence-corrected chi connectivity index (χ4v) is 2.31. The minimum Gasteiger partial charge on any atom is -0.493 e. The molecular weight excluding hydrogens is 338 g/mol. The summed E-state index contributed by atoms with van der Waals surface area (Å²) in [5.41, 5.74) is 0.754. The number of rotatable bonds is 11. The molecule has 142 valence electrons. The number of ether oxygens (including phenoxy) is 3. The third-order valence-electron chi connectivity index (χ3n) is 3.60. The highest BCUT2D eigenvalue weighted by molar-refractivity contribution is 5.76. The lowest BCUT2D eigenvalue weighted by molar-refractivity contribution is -0.121. The monoisotopic (exact) mass is 363 g/mol. The molecule has 1 aromatic heterocycles. The number of aryl methyl sites for hydroxylation is 1. The number of amides is 1. The Labute approximate surface area is 152 Å². The Morgan fingerprint density at radius 1 is 1.27 bits per heavy atom. The van der Waals surface area contributed by atoms with Gasteiger partial charge >= 0.3 is 0 Å². The number of benzene rings is 1. The molecule has 0 atom stereocenters. The van der Waals surface area contributed by atoms with E-state index < -0.39 is 0 Å². The number of hydrogen-bond donors (Lipinski definition) is 1. The van der Waals surface area contributed by atoms with Gasteiger partial charge in [0.1, 0.15) is 0 Å². The van der Waals surface area contributed by atoms with Gasteiger partial charge in [-0.2, -0.15) is 4.98 Å². The lowest BCUT2D eigenvalue weighted by atomic mass is 10.2. The summed E-state index contributed by atoms with van der Waals surface area (Å²) < 4.78 is 21.0. The summed E-state index contributed by atoms with van der Waals surface area (Å²) in [5.74, 6) is 2.07. The van der Waals surface area contributed by atoms with Gasteiger partial charge in [0.05, 0.1) is 13.7 Å². The van der Waals surface area contributed by atoms with Crippen LogP contribution < -0.4 is 14.8 Å². The quantitative estimate of drug-likeness (QED) is 0.612. The van der Waals surface area contributed by atoms with Crippen molar-refractivity contribution in [3.63, 3.8) is 0 Å². The van der Waals surface area contributed by atoms with Crippen molar-refractivity contribution in [1.82, 2.24) is 15.5 Å². The van der Waals surface area contributed by atoms with Crippen molar-refractivity contribution >= 4 is 5.91 Å². The number of methoxy groups -OCH3 is 2. The molecule has 1 amide bonds. The Balaban J connectivity index is 1.92. The number of aromatic nitrogens is 2. The van der Waals surface area contributed by atoms with Gasteiger partial charge in [0.2, 0.25) is 17.6 Å². The maximum Gasteiger partial charge on any atom is 0.227 e. The highest BCUT2D eigenvalue weighted by Crippen LogP contribution is 2.31. The Morgan fingerprint density at radius 2 is 2.12 bits per heavy atom. The predicted molar refractivity (Wildman–Crippen MR) is 95.3 cm³/mol. The van der Waals surface area contributed by atoms with Crippen molar-refractivity contribution in [3.05, 3.63) is 24.1 Å². The third kappa shape index (κ3) is 5.73. The summed E-state index contributed by atoms with van der Waals surface area (Å²) in [7, 11) is 3.21. The topological polar surface area (TPSA) is 95.7 Å². The van der Waals surface area contributed by atoms with Crippen LogP contribution in [-0.2, 0) is 16.0 Å².